The molecule has 0 unspecified atom stereocenters. The molecule has 0 radical (unpaired) electrons. The van der Waals surface area contributed by atoms with Crippen LogP contribution in [0, 0.1) is 5.92 Å². The fourth-order valence-corrected chi connectivity index (χ4v) is 5.01. The Bertz CT molecular complexity index is 1290. The fourth-order valence-electron chi connectivity index (χ4n) is 5.01. The van der Waals surface area contributed by atoms with Crippen molar-refractivity contribution in [1.82, 2.24) is 21.3 Å². The van der Waals surface area contributed by atoms with Gasteiger partial charge in [-0.15, -0.1) is 0 Å². The van der Waals surface area contributed by atoms with Gasteiger partial charge >= 0.3 is 6.09 Å². The summed E-state index contributed by atoms with van der Waals surface area (Å²) in [6, 6.07) is 16.1. The molecule has 0 aliphatic heterocycles. The summed E-state index contributed by atoms with van der Waals surface area (Å²) >= 11 is 0. The number of nitrogens with one attached hydrogen (secondary N) is 4. The first kappa shape index (κ1) is 39.5. The number of carbonyl (C=O) groups excluding carboxylic acids is 4. The van der Waals surface area contributed by atoms with E-state index >= 15 is 0 Å². The van der Waals surface area contributed by atoms with Gasteiger partial charge in [-0.2, -0.15) is 0 Å². The van der Waals surface area contributed by atoms with Gasteiger partial charge in [0.1, 0.15) is 18.7 Å². The standard InChI is InChI=1S/C35H53N7O6/c1-4-12-27(32(45)41-29(21-24(2)3)30(43)22-31(44)38-20-18-25-13-7-5-8-14-25)40-33(46)28(17-11-19-39-34(36)37)42-35(47)48-23-26-15-9-6-10-16-26/h5-10,13-16,24,27-30,43H,4,11-12,17-23H2,1-3H3,(H,38,44)(H,40,46)(H,41,45)(H,42,47)(H4,36,37,39)/t27-,28-,29-,30-/m0/s1. The lowest BCUT2D eigenvalue weighted by molar-refractivity contribution is -0.131. The number of nitrogens with zero attached hydrogens (tertiary/aromatic N) is 1. The zero-order valence-electron chi connectivity index (χ0n) is 28.3. The number of benzene rings is 2. The normalized spacial score (nSPS) is 13.4. The monoisotopic (exact) mass is 667 g/mol. The van der Waals surface area contributed by atoms with Gasteiger partial charge in [-0.05, 0) is 49.1 Å². The van der Waals surface area contributed by atoms with Gasteiger partial charge in [-0.1, -0.05) is 87.9 Å². The second-order valence-corrected chi connectivity index (χ2v) is 12.2. The number of guanidine groups is 1. The van der Waals surface area contributed by atoms with E-state index in [1.807, 2.05) is 81.4 Å². The first-order chi connectivity index (χ1) is 23.0. The molecule has 2 aromatic rings. The molecule has 0 bridgehead atoms. The summed E-state index contributed by atoms with van der Waals surface area (Å²) < 4.78 is 5.31. The van der Waals surface area contributed by atoms with Gasteiger partial charge in [0.15, 0.2) is 5.96 Å². The van der Waals surface area contributed by atoms with Crippen LogP contribution in [0.15, 0.2) is 65.7 Å². The molecule has 0 aliphatic carbocycles. The van der Waals surface area contributed by atoms with Crippen molar-refractivity contribution in [2.45, 2.75) is 96.6 Å². The molecular formula is C35H53N7O6. The minimum Gasteiger partial charge on any atom is -0.445 e. The molecule has 0 aliphatic rings. The third kappa shape index (κ3) is 16.3. The van der Waals surface area contributed by atoms with Gasteiger partial charge in [-0.25, -0.2) is 4.79 Å². The zero-order chi connectivity index (χ0) is 35.3. The van der Waals surface area contributed by atoms with Crippen molar-refractivity contribution < 1.29 is 29.0 Å². The summed E-state index contributed by atoms with van der Waals surface area (Å²) in [5, 5.41) is 22.1. The maximum Gasteiger partial charge on any atom is 0.408 e. The largest absolute Gasteiger partial charge is 0.445 e. The molecule has 0 spiro atoms. The SMILES string of the molecule is CCC[C@H](NC(=O)[C@H](CCCN=C(N)N)NC(=O)OCc1ccccc1)C(=O)N[C@@H](CC(C)C)[C@@H](O)CC(=O)NCCc1ccccc1. The van der Waals surface area contributed by atoms with Gasteiger partial charge in [0.05, 0.1) is 18.6 Å². The van der Waals surface area contributed by atoms with Crippen molar-refractivity contribution in [2.24, 2.45) is 22.4 Å². The van der Waals surface area contributed by atoms with E-state index in [0.717, 1.165) is 11.1 Å². The van der Waals surface area contributed by atoms with E-state index in [1.165, 1.54) is 0 Å². The maximum atomic E-state index is 13.5. The number of aliphatic hydroxyl groups excluding tert-OH is 1. The van der Waals surface area contributed by atoms with Crippen molar-refractivity contribution in [2.75, 3.05) is 13.1 Å². The zero-order valence-corrected chi connectivity index (χ0v) is 28.3. The van der Waals surface area contributed by atoms with Crippen LogP contribution in [0.3, 0.4) is 0 Å². The number of ether oxygens (including phenoxy) is 1. The predicted octanol–water partition coefficient (Wildman–Crippen LogP) is 2.26. The summed E-state index contributed by atoms with van der Waals surface area (Å²) in [7, 11) is 0. The second-order valence-electron chi connectivity index (χ2n) is 12.2. The smallest absolute Gasteiger partial charge is 0.408 e. The Kier molecular flexibility index (Phi) is 18.1. The highest BCUT2D eigenvalue weighted by Crippen LogP contribution is 2.13. The van der Waals surface area contributed by atoms with Gasteiger partial charge in [0.2, 0.25) is 17.7 Å². The Hall–Kier alpha value is -4.65. The van der Waals surface area contributed by atoms with Crippen LogP contribution in [-0.4, -0.2) is 72.2 Å². The molecule has 0 fully saturated rings. The Morgan fingerprint density at radius 3 is 2.06 bits per heavy atom. The van der Waals surface area contributed by atoms with Crippen molar-refractivity contribution in [3.63, 3.8) is 0 Å². The number of carbonyl (C=O) groups is 4. The quantitative estimate of drug-likeness (QED) is 0.0595. The van der Waals surface area contributed by atoms with Crippen LogP contribution in [0.1, 0.15) is 70.4 Å². The Morgan fingerprint density at radius 1 is 0.854 bits per heavy atom. The number of amides is 4. The molecule has 0 aromatic heterocycles. The van der Waals surface area contributed by atoms with Gasteiger partial charge in [0.25, 0.3) is 0 Å². The number of aliphatic imine (C=N–C) groups is 1. The van der Waals surface area contributed by atoms with Crippen LogP contribution in [0.2, 0.25) is 0 Å². The summed E-state index contributed by atoms with van der Waals surface area (Å²) in [6.45, 7) is 6.45. The molecular weight excluding hydrogens is 614 g/mol. The number of hydrogen-bond donors (Lipinski definition) is 7. The molecule has 13 nitrogen and oxygen atoms in total. The van der Waals surface area contributed by atoms with Crippen molar-refractivity contribution in [1.29, 1.82) is 0 Å². The Labute approximate surface area is 283 Å². The van der Waals surface area contributed by atoms with E-state index in [0.29, 0.717) is 38.6 Å². The third-order valence-corrected chi connectivity index (χ3v) is 7.47. The number of aliphatic hydroxyl groups is 1. The number of hydrogen-bond acceptors (Lipinski definition) is 7. The van der Waals surface area contributed by atoms with E-state index < -0.39 is 42.1 Å². The van der Waals surface area contributed by atoms with E-state index in [1.54, 1.807) is 0 Å². The molecule has 0 saturated carbocycles. The average Bonchev–Trinajstić information content (AvgIpc) is 3.05. The van der Waals surface area contributed by atoms with Crippen LogP contribution in [-0.2, 0) is 32.1 Å². The van der Waals surface area contributed by atoms with E-state index in [-0.39, 0.29) is 43.8 Å². The van der Waals surface area contributed by atoms with E-state index in [9.17, 15) is 24.3 Å². The van der Waals surface area contributed by atoms with Crippen LogP contribution in [0.25, 0.3) is 0 Å². The summed E-state index contributed by atoms with van der Waals surface area (Å²) in [6.07, 6.45) is 0.371. The predicted molar refractivity (Wildman–Crippen MR) is 185 cm³/mol. The van der Waals surface area contributed by atoms with Crippen LogP contribution in [0.5, 0.6) is 0 Å². The fraction of sp³-hybridized carbons (Fsp3) is 0.514. The van der Waals surface area contributed by atoms with Crippen LogP contribution in [0.4, 0.5) is 4.79 Å². The second kappa shape index (κ2) is 22.0. The molecule has 4 atom stereocenters. The highest BCUT2D eigenvalue weighted by molar-refractivity contribution is 5.91. The Balaban J connectivity index is 2.04. The molecule has 48 heavy (non-hydrogen) atoms. The highest BCUT2D eigenvalue weighted by atomic mass is 16.5. The molecule has 0 heterocycles. The van der Waals surface area contributed by atoms with Gasteiger partial charge in [0, 0.05) is 13.1 Å². The summed E-state index contributed by atoms with van der Waals surface area (Å²) in [5.41, 5.74) is 12.7. The lowest BCUT2D eigenvalue weighted by Gasteiger charge is -2.28. The van der Waals surface area contributed by atoms with Crippen molar-refractivity contribution >= 4 is 29.8 Å². The molecule has 13 heteroatoms. The molecule has 2 rings (SSSR count). The molecule has 264 valence electrons. The number of rotatable bonds is 21. The van der Waals surface area contributed by atoms with E-state index in [4.69, 9.17) is 16.2 Å². The topological polar surface area (TPSA) is 210 Å². The first-order valence-electron chi connectivity index (χ1n) is 16.6. The van der Waals surface area contributed by atoms with Crippen molar-refractivity contribution in [3.8, 4) is 0 Å². The minimum absolute atomic E-state index is 0.0144. The van der Waals surface area contributed by atoms with E-state index in [2.05, 4.69) is 26.3 Å². The summed E-state index contributed by atoms with van der Waals surface area (Å²) in [4.78, 5) is 56.2. The molecule has 9 N–H and O–H groups in total. The Morgan fingerprint density at radius 2 is 1.46 bits per heavy atom. The van der Waals surface area contributed by atoms with Crippen LogP contribution >= 0.6 is 0 Å². The minimum atomic E-state index is -1.14. The molecule has 4 amide bonds. The number of nitrogens with two attached hydrogens (primary N) is 2. The third-order valence-electron chi connectivity index (χ3n) is 7.47. The lowest BCUT2D eigenvalue weighted by atomic mass is 9.96. The van der Waals surface area contributed by atoms with Gasteiger partial charge in [-0.3, -0.25) is 19.4 Å². The first-order valence-corrected chi connectivity index (χ1v) is 16.6. The van der Waals surface area contributed by atoms with Crippen LogP contribution < -0.4 is 32.7 Å². The van der Waals surface area contributed by atoms with Gasteiger partial charge < -0.3 is 42.6 Å². The lowest BCUT2D eigenvalue weighted by Crippen LogP contribution is -2.56. The molecule has 0 saturated heterocycles. The maximum absolute atomic E-state index is 13.5. The average molecular weight is 668 g/mol. The number of alkyl carbamates (subject to hydrolysis) is 1. The summed E-state index contributed by atoms with van der Waals surface area (Å²) in [5.74, 6) is -1.39. The highest BCUT2D eigenvalue weighted by Gasteiger charge is 2.30. The van der Waals surface area contributed by atoms with Crippen molar-refractivity contribution in [3.05, 3.63) is 71.8 Å². The molecule has 2 aromatic carbocycles.